The van der Waals surface area contributed by atoms with Gasteiger partial charge in [0.1, 0.15) is 11.3 Å². The molecule has 1 heterocycles. The number of carbonyl (C=O) groups is 2. The van der Waals surface area contributed by atoms with Crippen LogP contribution >= 0.6 is 11.3 Å². The van der Waals surface area contributed by atoms with E-state index in [0.29, 0.717) is 15.5 Å². The Morgan fingerprint density at radius 2 is 1.86 bits per heavy atom. The van der Waals surface area contributed by atoms with Gasteiger partial charge in [-0.25, -0.2) is 4.79 Å². The number of esters is 1. The van der Waals surface area contributed by atoms with E-state index in [-0.39, 0.29) is 17.7 Å². The van der Waals surface area contributed by atoms with Gasteiger partial charge in [0.05, 0.1) is 31.2 Å². The highest BCUT2D eigenvalue weighted by molar-refractivity contribution is 7.16. The van der Waals surface area contributed by atoms with E-state index in [9.17, 15) is 9.59 Å². The molecule has 0 amide bonds. The molecule has 1 aromatic carbocycles. The van der Waals surface area contributed by atoms with Crippen LogP contribution in [0.15, 0.2) is 24.3 Å². The van der Waals surface area contributed by atoms with Gasteiger partial charge in [0.15, 0.2) is 0 Å². The van der Waals surface area contributed by atoms with E-state index in [1.807, 2.05) is 0 Å². The third-order valence-corrected chi connectivity index (χ3v) is 4.33. The first-order valence-corrected chi connectivity index (χ1v) is 7.15. The van der Waals surface area contributed by atoms with Crippen LogP contribution in [0.25, 0.3) is 10.4 Å². The summed E-state index contributed by atoms with van der Waals surface area (Å²) in [5.74, 6) is -0.916. The van der Waals surface area contributed by atoms with E-state index >= 15 is 0 Å². The Labute approximate surface area is 131 Å². The fraction of sp³-hybridized carbons (Fsp3) is 0.200. The van der Waals surface area contributed by atoms with Gasteiger partial charge in [0, 0.05) is 4.88 Å². The maximum Gasteiger partial charge on any atom is 0.341 e. The number of methoxy groups -OCH3 is 2. The van der Waals surface area contributed by atoms with Crippen LogP contribution < -0.4 is 10.5 Å². The number of thiophene rings is 1. The van der Waals surface area contributed by atoms with E-state index in [4.69, 9.17) is 20.3 Å². The maximum absolute atomic E-state index is 12.0. The molecule has 0 atom stereocenters. The number of carboxylic acids is 1. The van der Waals surface area contributed by atoms with Crippen molar-refractivity contribution in [1.29, 1.82) is 0 Å². The molecule has 0 fully saturated rings. The molecule has 6 nitrogen and oxygen atoms in total. The van der Waals surface area contributed by atoms with Crippen molar-refractivity contribution in [1.82, 2.24) is 0 Å². The highest BCUT2D eigenvalue weighted by Crippen LogP contribution is 2.39. The standard InChI is InChI=1S/C15H15NO5S/c1-20-9-5-3-8(4-6-9)14-12(15(19)21-2)13(16)10(22-14)7-11(17)18/h3-6H,7,16H2,1-2H3,(H,17,18). The Morgan fingerprint density at radius 3 is 2.36 bits per heavy atom. The van der Waals surface area contributed by atoms with Gasteiger partial charge >= 0.3 is 11.9 Å². The van der Waals surface area contributed by atoms with Crippen molar-refractivity contribution in [3.8, 4) is 16.2 Å². The van der Waals surface area contributed by atoms with Gasteiger partial charge in [0.2, 0.25) is 0 Å². The predicted molar refractivity (Wildman–Crippen MR) is 83.4 cm³/mol. The molecule has 3 N–H and O–H groups in total. The molecular weight excluding hydrogens is 306 g/mol. The van der Waals surface area contributed by atoms with Gasteiger partial charge in [-0.1, -0.05) is 0 Å². The van der Waals surface area contributed by atoms with Gasteiger partial charge in [-0.2, -0.15) is 0 Å². The number of ether oxygens (including phenoxy) is 2. The number of benzene rings is 1. The molecule has 7 heteroatoms. The maximum atomic E-state index is 12.0. The molecule has 2 rings (SSSR count). The molecule has 0 unspecified atom stereocenters. The molecule has 116 valence electrons. The lowest BCUT2D eigenvalue weighted by Crippen LogP contribution is -2.07. The van der Waals surface area contributed by atoms with Crippen LogP contribution in [-0.4, -0.2) is 31.3 Å². The molecule has 0 spiro atoms. The second-order valence-corrected chi connectivity index (χ2v) is 5.54. The Morgan fingerprint density at radius 1 is 1.23 bits per heavy atom. The van der Waals surface area contributed by atoms with E-state index in [1.165, 1.54) is 18.4 Å². The number of hydrogen-bond donors (Lipinski definition) is 2. The minimum Gasteiger partial charge on any atom is -0.497 e. The fourth-order valence-corrected chi connectivity index (χ4v) is 3.21. The summed E-state index contributed by atoms with van der Waals surface area (Å²) in [6, 6.07) is 7.06. The number of carbonyl (C=O) groups excluding carboxylic acids is 1. The lowest BCUT2D eigenvalue weighted by atomic mass is 10.1. The zero-order valence-electron chi connectivity index (χ0n) is 12.1. The normalized spacial score (nSPS) is 10.3. The number of hydrogen-bond acceptors (Lipinski definition) is 6. The van der Waals surface area contributed by atoms with Crippen molar-refractivity contribution in [2.75, 3.05) is 20.0 Å². The molecule has 0 aliphatic rings. The number of rotatable bonds is 5. The lowest BCUT2D eigenvalue weighted by molar-refractivity contribution is -0.136. The zero-order valence-corrected chi connectivity index (χ0v) is 12.9. The van der Waals surface area contributed by atoms with Gasteiger partial charge < -0.3 is 20.3 Å². The molecule has 0 aliphatic heterocycles. The first-order chi connectivity index (χ1) is 10.5. The Hall–Kier alpha value is -2.54. The Kier molecular flexibility index (Phi) is 4.67. The largest absolute Gasteiger partial charge is 0.497 e. The number of nitrogens with two attached hydrogens (primary N) is 1. The molecule has 0 radical (unpaired) electrons. The van der Waals surface area contributed by atoms with Gasteiger partial charge in [-0.3, -0.25) is 4.79 Å². The van der Waals surface area contributed by atoms with Crippen molar-refractivity contribution in [2.45, 2.75) is 6.42 Å². The smallest absolute Gasteiger partial charge is 0.341 e. The highest BCUT2D eigenvalue weighted by Gasteiger charge is 2.24. The Balaban J connectivity index is 2.56. The number of anilines is 1. The topological polar surface area (TPSA) is 98.8 Å². The van der Waals surface area contributed by atoms with Crippen molar-refractivity contribution >= 4 is 29.0 Å². The van der Waals surface area contributed by atoms with E-state index < -0.39 is 11.9 Å². The number of nitrogen functional groups attached to an aromatic ring is 1. The van der Waals surface area contributed by atoms with Gasteiger partial charge in [0.25, 0.3) is 0 Å². The monoisotopic (exact) mass is 321 g/mol. The fourth-order valence-electron chi connectivity index (χ4n) is 2.01. The van der Waals surface area contributed by atoms with Crippen molar-refractivity contribution in [3.63, 3.8) is 0 Å². The average Bonchev–Trinajstić information content (AvgIpc) is 2.83. The molecule has 0 aliphatic carbocycles. The Bertz CT molecular complexity index is 705. The van der Waals surface area contributed by atoms with Crippen LogP contribution in [0.5, 0.6) is 5.75 Å². The first kappa shape index (κ1) is 15.8. The third-order valence-electron chi connectivity index (χ3n) is 3.08. The zero-order chi connectivity index (χ0) is 16.3. The second-order valence-electron chi connectivity index (χ2n) is 4.43. The van der Waals surface area contributed by atoms with Crippen LogP contribution in [0.4, 0.5) is 5.69 Å². The van der Waals surface area contributed by atoms with Gasteiger partial charge in [-0.15, -0.1) is 11.3 Å². The highest BCUT2D eigenvalue weighted by atomic mass is 32.1. The van der Waals surface area contributed by atoms with E-state index in [0.717, 1.165) is 5.56 Å². The minimum atomic E-state index is -1.01. The summed E-state index contributed by atoms with van der Waals surface area (Å²) >= 11 is 1.18. The summed E-state index contributed by atoms with van der Waals surface area (Å²) in [5, 5.41) is 8.94. The molecule has 1 aromatic heterocycles. The molecule has 2 aromatic rings. The molecule has 0 bridgehead atoms. The summed E-state index contributed by atoms with van der Waals surface area (Å²) in [6.45, 7) is 0. The second kappa shape index (κ2) is 6.48. The van der Waals surface area contributed by atoms with E-state index in [1.54, 1.807) is 31.4 Å². The third kappa shape index (κ3) is 3.04. The van der Waals surface area contributed by atoms with Crippen molar-refractivity contribution < 1.29 is 24.2 Å². The molecular formula is C15H15NO5S. The van der Waals surface area contributed by atoms with Crippen molar-refractivity contribution in [3.05, 3.63) is 34.7 Å². The van der Waals surface area contributed by atoms with E-state index in [2.05, 4.69) is 0 Å². The van der Waals surface area contributed by atoms with Crippen LogP contribution in [0.1, 0.15) is 15.2 Å². The molecule has 0 saturated carbocycles. The van der Waals surface area contributed by atoms with Crippen LogP contribution in [0.2, 0.25) is 0 Å². The minimum absolute atomic E-state index is 0.157. The summed E-state index contributed by atoms with van der Waals surface area (Å²) in [6.07, 6.45) is -0.239. The van der Waals surface area contributed by atoms with Crippen LogP contribution in [0, 0.1) is 0 Å². The summed E-state index contributed by atoms with van der Waals surface area (Å²) in [4.78, 5) is 23.9. The molecule has 22 heavy (non-hydrogen) atoms. The summed E-state index contributed by atoms with van der Waals surface area (Å²) < 4.78 is 9.85. The average molecular weight is 321 g/mol. The first-order valence-electron chi connectivity index (χ1n) is 6.33. The van der Waals surface area contributed by atoms with Crippen LogP contribution in [0.3, 0.4) is 0 Å². The number of carboxylic acid groups (broad SMARTS) is 1. The summed E-state index contributed by atoms with van der Waals surface area (Å²) in [7, 11) is 2.82. The predicted octanol–water partition coefficient (Wildman–Crippen LogP) is 2.42. The van der Waals surface area contributed by atoms with Crippen LogP contribution in [-0.2, 0) is 16.0 Å². The lowest BCUT2D eigenvalue weighted by Gasteiger charge is -2.05. The summed E-state index contributed by atoms with van der Waals surface area (Å²) in [5.41, 5.74) is 7.05. The quantitative estimate of drug-likeness (QED) is 0.821. The SMILES string of the molecule is COC(=O)c1c(-c2ccc(OC)cc2)sc(CC(=O)O)c1N. The van der Waals surface area contributed by atoms with Crippen molar-refractivity contribution in [2.24, 2.45) is 0 Å². The van der Waals surface area contributed by atoms with Gasteiger partial charge in [-0.05, 0) is 29.8 Å². The molecule has 0 saturated heterocycles. The number of aliphatic carboxylic acids is 1.